The number of imide groups is 2. The van der Waals surface area contributed by atoms with Crippen molar-refractivity contribution in [2.45, 2.75) is 153 Å². The van der Waals surface area contributed by atoms with Gasteiger partial charge in [-0.25, -0.2) is 0 Å². The zero-order chi connectivity index (χ0) is 36.8. The third-order valence-electron chi connectivity index (χ3n) is 13.6. The predicted molar refractivity (Wildman–Crippen MR) is 218 cm³/mol. The number of carbonyl (C=O) groups excluding carboxylic acids is 4. The molecule has 9 rings (SSSR count). The van der Waals surface area contributed by atoms with Crippen molar-refractivity contribution >= 4 is 66.7 Å². The minimum absolute atomic E-state index is 0.0863. The highest BCUT2D eigenvalue weighted by Gasteiger charge is 2.40. The Morgan fingerprint density at radius 2 is 0.519 bits per heavy atom. The van der Waals surface area contributed by atoms with Gasteiger partial charge in [-0.1, -0.05) is 140 Å². The molecule has 2 heterocycles. The second-order valence-corrected chi connectivity index (χ2v) is 16.9. The minimum Gasteiger partial charge on any atom is -0.271 e. The van der Waals surface area contributed by atoms with E-state index in [-0.39, 0.29) is 35.7 Å². The van der Waals surface area contributed by atoms with Crippen LogP contribution in [-0.4, -0.2) is 45.5 Å². The first-order valence-corrected chi connectivity index (χ1v) is 21.5. The van der Waals surface area contributed by atoms with Crippen molar-refractivity contribution < 1.29 is 19.2 Å². The Balaban J connectivity index is 1.11. The topological polar surface area (TPSA) is 74.8 Å². The normalized spacial score (nSPS) is 21.1. The molecular formula is C48H54N2O4. The largest absolute Gasteiger partial charge is 0.271 e. The van der Waals surface area contributed by atoms with Crippen LogP contribution < -0.4 is 0 Å². The van der Waals surface area contributed by atoms with E-state index < -0.39 is 0 Å². The smallest absolute Gasteiger partial charge is 0.261 e. The minimum atomic E-state index is -0.174. The highest BCUT2D eigenvalue weighted by atomic mass is 16.2. The van der Waals surface area contributed by atoms with Crippen LogP contribution in [0.5, 0.6) is 0 Å². The molecule has 6 heteroatoms. The number of hydrogen-bond donors (Lipinski definition) is 0. The summed E-state index contributed by atoms with van der Waals surface area (Å²) in [6, 6.07) is 15.7. The summed E-state index contributed by atoms with van der Waals surface area (Å²) >= 11 is 0. The maximum Gasteiger partial charge on any atom is 0.261 e. The fourth-order valence-electron chi connectivity index (χ4n) is 10.8. The average molecular weight is 723 g/mol. The molecule has 2 saturated carbocycles. The number of nitrogens with zero attached hydrogens (tertiary/aromatic N) is 2. The Hall–Kier alpha value is -4.32. The van der Waals surface area contributed by atoms with Crippen LogP contribution in [0, 0.1) is 0 Å². The summed E-state index contributed by atoms with van der Waals surface area (Å²) in [6.07, 6.45) is 24.8. The Morgan fingerprint density at radius 3 is 0.759 bits per heavy atom. The van der Waals surface area contributed by atoms with Crippen molar-refractivity contribution in [2.75, 3.05) is 0 Å². The quantitative estimate of drug-likeness (QED) is 0.103. The summed E-state index contributed by atoms with van der Waals surface area (Å²) in [6.45, 7) is 0. The molecule has 4 amide bonds. The molecular weight excluding hydrogens is 669 g/mol. The van der Waals surface area contributed by atoms with Gasteiger partial charge in [0.15, 0.2) is 0 Å². The zero-order valence-corrected chi connectivity index (χ0v) is 31.9. The second kappa shape index (κ2) is 15.1. The van der Waals surface area contributed by atoms with Crippen molar-refractivity contribution in [3.63, 3.8) is 0 Å². The first kappa shape index (κ1) is 35.4. The molecule has 0 aromatic heterocycles. The molecule has 0 saturated heterocycles. The number of carbonyl (C=O) groups is 4. The first-order valence-electron chi connectivity index (χ1n) is 21.5. The lowest BCUT2D eigenvalue weighted by Crippen LogP contribution is -2.47. The van der Waals surface area contributed by atoms with Crippen LogP contribution in [-0.2, 0) is 0 Å². The number of fused-ring (bicyclic) bond motifs is 2. The van der Waals surface area contributed by atoms with Gasteiger partial charge in [-0.05, 0) is 82.3 Å². The third kappa shape index (κ3) is 5.99. The Labute approximate surface area is 318 Å². The van der Waals surface area contributed by atoms with E-state index in [0.717, 1.165) is 120 Å². The maximum atomic E-state index is 14.5. The van der Waals surface area contributed by atoms with Gasteiger partial charge in [-0.3, -0.25) is 29.0 Å². The van der Waals surface area contributed by atoms with Crippen LogP contribution in [0.15, 0.2) is 48.5 Å². The molecule has 0 spiro atoms. The fourth-order valence-corrected chi connectivity index (χ4v) is 10.8. The van der Waals surface area contributed by atoms with Gasteiger partial charge in [-0.15, -0.1) is 0 Å². The maximum absolute atomic E-state index is 14.5. The molecule has 0 radical (unpaired) electrons. The molecule has 0 atom stereocenters. The Bertz CT molecular complexity index is 1970. The molecule has 4 aliphatic rings. The van der Waals surface area contributed by atoms with Gasteiger partial charge in [-0.2, -0.15) is 0 Å². The van der Waals surface area contributed by atoms with Crippen LogP contribution in [0.3, 0.4) is 0 Å². The van der Waals surface area contributed by atoms with Crippen molar-refractivity contribution in [2.24, 2.45) is 0 Å². The van der Waals surface area contributed by atoms with E-state index in [0.29, 0.717) is 22.3 Å². The summed E-state index contributed by atoms with van der Waals surface area (Å²) in [7, 11) is 0. The van der Waals surface area contributed by atoms with E-state index in [1.807, 2.05) is 48.5 Å². The molecule has 5 aromatic carbocycles. The molecule has 2 fully saturated rings. The van der Waals surface area contributed by atoms with Gasteiger partial charge < -0.3 is 0 Å². The molecule has 0 unspecified atom stereocenters. The highest BCUT2D eigenvalue weighted by molar-refractivity contribution is 6.41. The van der Waals surface area contributed by atoms with Crippen LogP contribution in [0.4, 0.5) is 0 Å². The van der Waals surface area contributed by atoms with Gasteiger partial charge in [0.1, 0.15) is 0 Å². The van der Waals surface area contributed by atoms with Crippen LogP contribution in [0.25, 0.3) is 43.1 Å². The van der Waals surface area contributed by atoms with E-state index in [2.05, 4.69) is 0 Å². The zero-order valence-electron chi connectivity index (χ0n) is 31.9. The molecule has 5 aromatic rings. The van der Waals surface area contributed by atoms with Gasteiger partial charge in [0.2, 0.25) is 0 Å². The molecule has 0 bridgehead atoms. The fraction of sp³-hybridized carbons (Fsp3) is 0.500. The van der Waals surface area contributed by atoms with Crippen LogP contribution >= 0.6 is 0 Å². The van der Waals surface area contributed by atoms with Crippen molar-refractivity contribution in [3.05, 3.63) is 70.8 Å². The predicted octanol–water partition coefficient (Wildman–Crippen LogP) is 12.3. The SMILES string of the molecule is O=C1c2ccc3c4ccc5c6c(ccc(c7ccc(c2c37)C(=O)N1C1CCCCCCCCCCC1)c64)C(=O)N(C1CCCCCCCCCCC1)C5=O. The second-order valence-electron chi connectivity index (χ2n) is 16.9. The van der Waals surface area contributed by atoms with Crippen LogP contribution in [0.1, 0.15) is 183 Å². The van der Waals surface area contributed by atoms with Gasteiger partial charge in [0, 0.05) is 45.1 Å². The standard InChI is InChI=1S/C48H54N2O4/c51-45-37-27-23-33-35-25-29-39-44-40(48(54)50(47(39)53)32-21-17-13-9-5-2-6-10-14-18-22-32)30-26-36(42(35)44)34-24-28-38(43(37)41(33)34)46(52)49(45)31-19-15-11-7-3-1-4-8-12-16-20-31/h23-32H,1-22H2. The number of rotatable bonds is 2. The van der Waals surface area contributed by atoms with E-state index >= 15 is 0 Å². The highest BCUT2D eigenvalue weighted by Crippen LogP contribution is 2.47. The van der Waals surface area contributed by atoms with E-state index in [4.69, 9.17) is 0 Å². The molecule has 2 aliphatic heterocycles. The molecule has 6 nitrogen and oxygen atoms in total. The lowest BCUT2D eigenvalue weighted by molar-refractivity contribution is 0.0501. The van der Waals surface area contributed by atoms with E-state index in [1.54, 1.807) is 9.80 Å². The van der Waals surface area contributed by atoms with Gasteiger partial charge in [0.05, 0.1) is 0 Å². The molecule has 2 aliphatic carbocycles. The lowest BCUT2D eigenvalue weighted by Gasteiger charge is -2.35. The summed E-state index contributed by atoms with van der Waals surface area (Å²) in [5.41, 5.74) is 2.40. The van der Waals surface area contributed by atoms with Gasteiger partial charge >= 0.3 is 0 Å². The number of hydrogen-bond acceptors (Lipinski definition) is 4. The first-order chi connectivity index (χ1) is 26.5. The summed E-state index contributed by atoms with van der Waals surface area (Å²) in [5.74, 6) is -0.695. The van der Waals surface area contributed by atoms with Gasteiger partial charge in [0.25, 0.3) is 23.6 Å². The summed E-state index contributed by atoms with van der Waals surface area (Å²) < 4.78 is 0. The van der Waals surface area contributed by atoms with Crippen molar-refractivity contribution in [3.8, 4) is 0 Å². The van der Waals surface area contributed by atoms with Crippen molar-refractivity contribution in [1.82, 2.24) is 9.80 Å². The number of benzene rings is 5. The molecule has 0 N–H and O–H groups in total. The van der Waals surface area contributed by atoms with E-state index in [9.17, 15) is 19.2 Å². The molecule has 280 valence electrons. The lowest BCUT2D eigenvalue weighted by atomic mass is 9.81. The average Bonchev–Trinajstić information content (AvgIpc) is 3.17. The molecule has 54 heavy (non-hydrogen) atoms. The van der Waals surface area contributed by atoms with Crippen LogP contribution in [0.2, 0.25) is 0 Å². The third-order valence-corrected chi connectivity index (χ3v) is 13.6. The Morgan fingerprint density at radius 1 is 0.296 bits per heavy atom. The Kier molecular flexibility index (Phi) is 9.88. The monoisotopic (exact) mass is 722 g/mol. The summed E-state index contributed by atoms with van der Waals surface area (Å²) in [4.78, 5) is 61.0. The van der Waals surface area contributed by atoms with E-state index in [1.165, 1.54) is 64.2 Å². The van der Waals surface area contributed by atoms with Crippen molar-refractivity contribution in [1.29, 1.82) is 0 Å². The summed E-state index contributed by atoms with van der Waals surface area (Å²) in [5, 5.41) is 7.11. The number of amides is 4.